The summed E-state index contributed by atoms with van der Waals surface area (Å²) in [5.74, 6) is 5.22. The fraction of sp³-hybridized carbons (Fsp3) is 0.188. The van der Waals surface area contributed by atoms with E-state index in [0.717, 1.165) is 4.21 Å². The highest BCUT2D eigenvalue weighted by atomic mass is 32.2. The first-order chi connectivity index (χ1) is 11.6. The minimum absolute atomic E-state index is 0.0459. The van der Waals surface area contributed by atoms with Crippen LogP contribution in [0.3, 0.4) is 0 Å². The van der Waals surface area contributed by atoms with Crippen molar-refractivity contribution in [1.82, 2.24) is 9.73 Å². The van der Waals surface area contributed by atoms with Crippen LogP contribution in [-0.4, -0.2) is 31.2 Å². The van der Waals surface area contributed by atoms with E-state index in [9.17, 15) is 4.79 Å². The van der Waals surface area contributed by atoms with Crippen molar-refractivity contribution in [2.24, 2.45) is 11.6 Å². The number of benzene rings is 1. The molecule has 6 nitrogen and oxygen atoms in total. The maximum absolute atomic E-state index is 11.1. The molecule has 0 unspecified atom stereocenters. The minimum atomic E-state index is -0.420. The number of methoxy groups -OCH3 is 1. The SMILES string of the molecule is COC(=O)CN(N)/C=C(\N)CNSc1ccc(-c2ccccc2)s1. The van der Waals surface area contributed by atoms with Gasteiger partial charge in [0.1, 0.15) is 6.54 Å². The smallest absolute Gasteiger partial charge is 0.326 e. The average molecular weight is 364 g/mol. The number of carbonyl (C=O) groups is 1. The van der Waals surface area contributed by atoms with E-state index in [0.29, 0.717) is 12.2 Å². The molecule has 5 N–H and O–H groups in total. The summed E-state index contributed by atoms with van der Waals surface area (Å²) >= 11 is 3.21. The van der Waals surface area contributed by atoms with Crippen molar-refractivity contribution < 1.29 is 9.53 Å². The molecule has 0 aliphatic heterocycles. The number of nitrogens with zero attached hydrogens (tertiary/aromatic N) is 1. The molecule has 0 fully saturated rings. The molecule has 0 bridgehead atoms. The quantitative estimate of drug-likeness (QED) is 0.286. The number of carbonyl (C=O) groups excluding carboxylic acids is 1. The maximum atomic E-state index is 11.1. The van der Waals surface area contributed by atoms with Crippen LogP contribution < -0.4 is 16.3 Å². The summed E-state index contributed by atoms with van der Waals surface area (Å²) in [5.41, 5.74) is 7.59. The van der Waals surface area contributed by atoms with Gasteiger partial charge in [-0.05, 0) is 29.6 Å². The summed E-state index contributed by atoms with van der Waals surface area (Å²) < 4.78 is 8.85. The van der Waals surface area contributed by atoms with Crippen molar-refractivity contribution in [1.29, 1.82) is 0 Å². The van der Waals surface area contributed by atoms with Crippen molar-refractivity contribution >= 4 is 29.3 Å². The highest BCUT2D eigenvalue weighted by molar-refractivity contribution is 7.99. The van der Waals surface area contributed by atoms with Gasteiger partial charge in [0.2, 0.25) is 0 Å². The van der Waals surface area contributed by atoms with Crippen LogP contribution >= 0.6 is 23.3 Å². The number of hydrogen-bond acceptors (Lipinski definition) is 8. The highest BCUT2D eigenvalue weighted by Gasteiger charge is 2.05. The number of thiophene rings is 1. The third-order valence-electron chi connectivity index (χ3n) is 2.96. The van der Waals surface area contributed by atoms with Crippen LogP contribution in [0.4, 0.5) is 0 Å². The number of rotatable bonds is 8. The van der Waals surface area contributed by atoms with E-state index >= 15 is 0 Å². The van der Waals surface area contributed by atoms with Gasteiger partial charge in [-0.15, -0.1) is 11.3 Å². The van der Waals surface area contributed by atoms with Gasteiger partial charge in [-0.25, -0.2) is 5.84 Å². The summed E-state index contributed by atoms with van der Waals surface area (Å²) in [7, 11) is 1.31. The Morgan fingerprint density at radius 1 is 1.33 bits per heavy atom. The molecule has 0 spiro atoms. The fourth-order valence-corrected chi connectivity index (χ4v) is 3.71. The zero-order valence-electron chi connectivity index (χ0n) is 13.3. The van der Waals surface area contributed by atoms with E-state index < -0.39 is 5.97 Å². The molecule has 0 aliphatic rings. The molecule has 0 radical (unpaired) electrons. The number of hydrogen-bond donors (Lipinski definition) is 3. The standard InChI is InChI=1S/C16H20N4O2S2/c1-22-15(21)11-20(18)10-13(17)9-19-24-16-8-7-14(23-16)12-5-3-2-4-6-12/h2-8,10,19H,9,11,17-18H2,1H3/b13-10-. The largest absolute Gasteiger partial charge is 0.468 e. The molecule has 0 saturated carbocycles. The fourth-order valence-electron chi connectivity index (χ4n) is 1.84. The van der Waals surface area contributed by atoms with Gasteiger partial charge in [0.05, 0.1) is 11.3 Å². The molecule has 0 amide bonds. The topological polar surface area (TPSA) is 93.6 Å². The van der Waals surface area contributed by atoms with Gasteiger partial charge < -0.3 is 15.5 Å². The van der Waals surface area contributed by atoms with Gasteiger partial charge in [-0.1, -0.05) is 30.3 Å². The number of hydrazine groups is 1. The van der Waals surface area contributed by atoms with Gasteiger partial charge >= 0.3 is 5.97 Å². The lowest BCUT2D eigenvalue weighted by Crippen LogP contribution is -2.33. The Morgan fingerprint density at radius 2 is 2.08 bits per heavy atom. The summed E-state index contributed by atoms with van der Waals surface area (Å²) in [4.78, 5) is 12.3. The molecule has 0 saturated heterocycles. The van der Waals surface area contributed by atoms with E-state index in [-0.39, 0.29) is 6.54 Å². The van der Waals surface area contributed by atoms with Gasteiger partial charge in [0, 0.05) is 23.3 Å². The molecular weight excluding hydrogens is 344 g/mol. The number of nitrogens with one attached hydrogen (secondary N) is 1. The number of nitrogens with two attached hydrogens (primary N) is 2. The summed E-state index contributed by atoms with van der Waals surface area (Å²) in [6.07, 6.45) is 1.51. The zero-order chi connectivity index (χ0) is 17.4. The van der Waals surface area contributed by atoms with Crippen LogP contribution in [0, 0.1) is 0 Å². The summed E-state index contributed by atoms with van der Waals surface area (Å²) in [6.45, 7) is 0.397. The van der Waals surface area contributed by atoms with Crippen molar-refractivity contribution in [2.75, 3.05) is 20.2 Å². The van der Waals surface area contributed by atoms with Crippen molar-refractivity contribution in [3.8, 4) is 10.4 Å². The second-order valence-corrected chi connectivity index (χ2v) is 7.14. The van der Waals surface area contributed by atoms with Crippen molar-refractivity contribution in [3.05, 3.63) is 54.4 Å². The van der Waals surface area contributed by atoms with E-state index in [1.54, 1.807) is 11.3 Å². The lowest BCUT2D eigenvalue weighted by atomic mass is 10.2. The van der Waals surface area contributed by atoms with Gasteiger partial charge in [0.15, 0.2) is 0 Å². The Balaban J connectivity index is 1.80. The first-order valence-corrected chi connectivity index (χ1v) is 8.81. The Kier molecular flexibility index (Phi) is 7.13. The molecule has 24 heavy (non-hydrogen) atoms. The highest BCUT2D eigenvalue weighted by Crippen LogP contribution is 2.32. The van der Waals surface area contributed by atoms with Crippen molar-refractivity contribution in [3.63, 3.8) is 0 Å². The molecule has 2 rings (SSSR count). The Bertz CT molecular complexity index is 688. The van der Waals surface area contributed by atoms with Crippen molar-refractivity contribution in [2.45, 2.75) is 4.21 Å². The van der Waals surface area contributed by atoms with Crippen LogP contribution in [0.5, 0.6) is 0 Å². The Morgan fingerprint density at radius 3 is 2.79 bits per heavy atom. The van der Waals surface area contributed by atoms with Crippen LogP contribution in [0.2, 0.25) is 0 Å². The predicted molar refractivity (Wildman–Crippen MR) is 98.8 cm³/mol. The average Bonchev–Trinajstić information content (AvgIpc) is 3.04. The second-order valence-electron chi connectivity index (χ2n) is 4.86. The Hall–Kier alpha value is -2.00. The molecule has 1 aromatic carbocycles. The first-order valence-electron chi connectivity index (χ1n) is 7.17. The lowest BCUT2D eigenvalue weighted by molar-refractivity contribution is -0.141. The predicted octanol–water partition coefficient (Wildman–Crippen LogP) is 2.16. The van der Waals surface area contributed by atoms with Crippen LogP contribution in [0.25, 0.3) is 10.4 Å². The van der Waals surface area contributed by atoms with Gasteiger partial charge in [0.25, 0.3) is 0 Å². The van der Waals surface area contributed by atoms with Gasteiger partial charge in [-0.2, -0.15) is 0 Å². The summed E-state index contributed by atoms with van der Waals surface area (Å²) in [6, 6.07) is 14.4. The molecule has 1 heterocycles. The molecular formula is C16H20N4O2S2. The van der Waals surface area contributed by atoms with Crippen LogP contribution in [0.1, 0.15) is 0 Å². The van der Waals surface area contributed by atoms with E-state index in [4.69, 9.17) is 11.6 Å². The van der Waals surface area contributed by atoms with E-state index in [2.05, 4.69) is 33.7 Å². The number of ether oxygens (including phenoxy) is 1. The van der Waals surface area contributed by atoms with E-state index in [1.165, 1.54) is 40.7 Å². The third-order valence-corrected chi connectivity index (χ3v) is 5.01. The van der Waals surface area contributed by atoms with Crippen LogP contribution in [0.15, 0.2) is 58.6 Å². The zero-order valence-corrected chi connectivity index (χ0v) is 14.9. The molecule has 128 valence electrons. The molecule has 2 aromatic rings. The third kappa shape index (κ3) is 5.89. The van der Waals surface area contributed by atoms with Gasteiger partial charge in [-0.3, -0.25) is 9.52 Å². The lowest BCUT2D eigenvalue weighted by Gasteiger charge is -2.13. The second kappa shape index (κ2) is 9.33. The Labute approximate surface area is 149 Å². The van der Waals surface area contributed by atoms with E-state index in [1.807, 2.05) is 18.2 Å². The van der Waals surface area contributed by atoms with Crippen LogP contribution in [-0.2, 0) is 9.53 Å². The normalized spacial score (nSPS) is 11.3. The molecule has 0 aliphatic carbocycles. The first kappa shape index (κ1) is 18.3. The number of esters is 1. The molecule has 0 atom stereocenters. The maximum Gasteiger partial charge on any atom is 0.326 e. The monoisotopic (exact) mass is 364 g/mol. The summed E-state index contributed by atoms with van der Waals surface area (Å²) in [5, 5.41) is 1.20. The molecule has 1 aromatic heterocycles. The minimum Gasteiger partial charge on any atom is -0.468 e. The molecule has 8 heteroatoms.